The quantitative estimate of drug-likeness (QED) is 0.878. The molecule has 2 fully saturated rings. The minimum atomic E-state index is 0.147. The van der Waals surface area contributed by atoms with Gasteiger partial charge in [0.25, 0.3) is 0 Å². The van der Waals surface area contributed by atoms with Crippen molar-refractivity contribution in [2.24, 2.45) is 11.7 Å². The van der Waals surface area contributed by atoms with Gasteiger partial charge in [-0.15, -0.1) is 0 Å². The number of aryl methyl sites for hydroxylation is 2. The van der Waals surface area contributed by atoms with E-state index in [9.17, 15) is 0 Å². The molecule has 0 bridgehead atoms. The van der Waals surface area contributed by atoms with Gasteiger partial charge in [0.15, 0.2) is 0 Å². The highest BCUT2D eigenvalue weighted by molar-refractivity contribution is 5.48. The van der Waals surface area contributed by atoms with Gasteiger partial charge in [-0.3, -0.25) is 0 Å². The second kappa shape index (κ2) is 6.00. The average Bonchev–Trinajstić information content (AvgIpc) is 3.30. The van der Waals surface area contributed by atoms with E-state index in [1.807, 2.05) is 0 Å². The third-order valence-corrected chi connectivity index (χ3v) is 5.35. The maximum atomic E-state index is 6.27. The maximum Gasteiger partial charge on any atom is 0.126 e. The van der Waals surface area contributed by atoms with Gasteiger partial charge >= 0.3 is 0 Å². The number of hydrogen-bond donors (Lipinski definition) is 1. The van der Waals surface area contributed by atoms with Crippen molar-refractivity contribution in [2.75, 3.05) is 13.2 Å². The number of ether oxygens (including phenoxy) is 1. The Hall–Kier alpha value is -1.02. The minimum absolute atomic E-state index is 0.147. The van der Waals surface area contributed by atoms with Crippen LogP contribution in [0.25, 0.3) is 0 Å². The van der Waals surface area contributed by atoms with E-state index >= 15 is 0 Å². The Bertz CT molecular complexity index is 499. The molecular formula is C19H29NO. The normalized spacial score (nSPS) is 21.3. The number of benzene rings is 1. The van der Waals surface area contributed by atoms with Crippen molar-refractivity contribution >= 4 is 0 Å². The van der Waals surface area contributed by atoms with Crippen LogP contribution in [-0.2, 0) is 5.41 Å². The predicted molar refractivity (Wildman–Crippen MR) is 88.0 cm³/mol. The lowest BCUT2D eigenvalue weighted by atomic mass is 9.68. The van der Waals surface area contributed by atoms with Crippen LogP contribution >= 0.6 is 0 Å². The average molecular weight is 287 g/mol. The molecule has 0 radical (unpaired) electrons. The third-order valence-electron chi connectivity index (χ3n) is 5.35. The first-order valence-electron chi connectivity index (χ1n) is 8.59. The van der Waals surface area contributed by atoms with Crippen molar-refractivity contribution in [2.45, 2.75) is 64.2 Å². The molecule has 2 aliphatic carbocycles. The molecule has 0 spiro atoms. The summed E-state index contributed by atoms with van der Waals surface area (Å²) in [7, 11) is 0. The molecule has 0 unspecified atom stereocenters. The van der Waals surface area contributed by atoms with Crippen LogP contribution in [0.3, 0.4) is 0 Å². The van der Waals surface area contributed by atoms with E-state index in [0.717, 1.165) is 24.8 Å². The molecule has 2 heteroatoms. The largest absolute Gasteiger partial charge is 0.493 e. The molecule has 2 N–H and O–H groups in total. The summed E-state index contributed by atoms with van der Waals surface area (Å²) in [6.45, 7) is 6.01. The fraction of sp³-hybridized carbons (Fsp3) is 0.684. The summed E-state index contributed by atoms with van der Waals surface area (Å²) >= 11 is 0. The first kappa shape index (κ1) is 14.9. The molecule has 1 aromatic rings. The van der Waals surface area contributed by atoms with Gasteiger partial charge < -0.3 is 10.5 Å². The minimum Gasteiger partial charge on any atom is -0.493 e. The first-order chi connectivity index (χ1) is 10.1. The lowest BCUT2D eigenvalue weighted by Crippen LogP contribution is -2.37. The monoisotopic (exact) mass is 287 g/mol. The van der Waals surface area contributed by atoms with Crippen LogP contribution in [0.2, 0.25) is 0 Å². The van der Waals surface area contributed by atoms with Crippen LogP contribution in [-0.4, -0.2) is 13.2 Å². The first-order valence-corrected chi connectivity index (χ1v) is 8.59. The van der Waals surface area contributed by atoms with Crippen LogP contribution < -0.4 is 10.5 Å². The van der Waals surface area contributed by atoms with E-state index in [4.69, 9.17) is 10.5 Å². The van der Waals surface area contributed by atoms with Crippen molar-refractivity contribution in [1.29, 1.82) is 0 Å². The zero-order valence-corrected chi connectivity index (χ0v) is 13.6. The van der Waals surface area contributed by atoms with Gasteiger partial charge in [0.1, 0.15) is 5.75 Å². The van der Waals surface area contributed by atoms with Crippen molar-refractivity contribution in [3.05, 3.63) is 28.8 Å². The van der Waals surface area contributed by atoms with Crippen LogP contribution in [0.5, 0.6) is 5.75 Å². The fourth-order valence-corrected chi connectivity index (χ4v) is 3.84. The lowest BCUT2D eigenvalue weighted by Gasteiger charge is -2.38. The summed E-state index contributed by atoms with van der Waals surface area (Å²) in [6.07, 6.45) is 9.05. The van der Waals surface area contributed by atoms with E-state index < -0.39 is 0 Å². The van der Waals surface area contributed by atoms with Gasteiger partial charge in [-0.2, -0.15) is 0 Å². The predicted octanol–water partition coefficient (Wildman–Crippen LogP) is 4.25. The Morgan fingerprint density at radius 1 is 1.14 bits per heavy atom. The topological polar surface area (TPSA) is 35.2 Å². The fourth-order valence-electron chi connectivity index (χ4n) is 3.84. The van der Waals surface area contributed by atoms with Gasteiger partial charge in [0.05, 0.1) is 6.61 Å². The van der Waals surface area contributed by atoms with E-state index in [0.29, 0.717) is 0 Å². The molecule has 0 saturated heterocycles. The molecule has 2 saturated carbocycles. The van der Waals surface area contributed by atoms with Crippen LogP contribution in [0.1, 0.15) is 61.6 Å². The summed E-state index contributed by atoms with van der Waals surface area (Å²) in [5.41, 5.74) is 10.4. The van der Waals surface area contributed by atoms with Gasteiger partial charge in [-0.05, 0) is 51.0 Å². The van der Waals surface area contributed by atoms with E-state index in [1.165, 1.54) is 61.6 Å². The SMILES string of the molecule is Cc1cc(C)c(OCC2CC2)c(C2(CN)CCCCC2)c1. The molecule has 116 valence electrons. The van der Waals surface area contributed by atoms with Gasteiger partial charge in [0, 0.05) is 17.5 Å². The standard InChI is InChI=1S/C19H29NO/c1-14-10-15(2)18(21-12-16-6-7-16)17(11-14)19(13-20)8-4-3-5-9-19/h10-11,16H,3-9,12-13,20H2,1-2H3. The van der Waals surface area contributed by atoms with E-state index in [1.54, 1.807) is 0 Å². The van der Waals surface area contributed by atoms with Crippen LogP contribution in [0.4, 0.5) is 0 Å². The van der Waals surface area contributed by atoms with Crippen molar-refractivity contribution < 1.29 is 4.74 Å². The highest BCUT2D eigenvalue weighted by Crippen LogP contribution is 2.44. The molecule has 3 rings (SSSR count). The lowest BCUT2D eigenvalue weighted by molar-refractivity contribution is 0.261. The maximum absolute atomic E-state index is 6.27. The Labute approximate surface area is 129 Å². The summed E-state index contributed by atoms with van der Waals surface area (Å²) in [5, 5.41) is 0. The molecule has 0 heterocycles. The smallest absolute Gasteiger partial charge is 0.126 e. The summed E-state index contributed by atoms with van der Waals surface area (Å²) in [6, 6.07) is 4.59. The Morgan fingerprint density at radius 3 is 2.48 bits per heavy atom. The molecule has 0 atom stereocenters. The molecule has 2 nitrogen and oxygen atoms in total. The number of rotatable bonds is 5. The Morgan fingerprint density at radius 2 is 1.86 bits per heavy atom. The molecule has 0 amide bonds. The Balaban J connectivity index is 1.96. The van der Waals surface area contributed by atoms with Crippen molar-refractivity contribution in [1.82, 2.24) is 0 Å². The van der Waals surface area contributed by atoms with Crippen molar-refractivity contribution in [3.8, 4) is 5.75 Å². The van der Waals surface area contributed by atoms with Crippen LogP contribution in [0, 0.1) is 19.8 Å². The molecule has 2 aliphatic rings. The zero-order valence-electron chi connectivity index (χ0n) is 13.6. The number of hydrogen-bond acceptors (Lipinski definition) is 2. The molecule has 21 heavy (non-hydrogen) atoms. The second-order valence-electron chi connectivity index (χ2n) is 7.26. The van der Waals surface area contributed by atoms with Gasteiger partial charge in [0.2, 0.25) is 0 Å². The second-order valence-corrected chi connectivity index (χ2v) is 7.26. The summed E-state index contributed by atoms with van der Waals surface area (Å²) < 4.78 is 6.27. The molecule has 1 aromatic carbocycles. The molecule has 0 aromatic heterocycles. The summed E-state index contributed by atoms with van der Waals surface area (Å²) in [5.74, 6) is 1.93. The summed E-state index contributed by atoms with van der Waals surface area (Å²) in [4.78, 5) is 0. The Kier molecular flexibility index (Phi) is 4.26. The highest BCUT2D eigenvalue weighted by atomic mass is 16.5. The molecule has 0 aliphatic heterocycles. The number of nitrogens with two attached hydrogens (primary N) is 1. The van der Waals surface area contributed by atoms with E-state index in [-0.39, 0.29) is 5.41 Å². The zero-order chi connectivity index (χ0) is 14.9. The van der Waals surface area contributed by atoms with Gasteiger partial charge in [-0.25, -0.2) is 0 Å². The van der Waals surface area contributed by atoms with Gasteiger partial charge in [-0.1, -0.05) is 37.0 Å². The molecular weight excluding hydrogens is 258 g/mol. The highest BCUT2D eigenvalue weighted by Gasteiger charge is 2.36. The van der Waals surface area contributed by atoms with E-state index in [2.05, 4.69) is 26.0 Å². The van der Waals surface area contributed by atoms with Crippen molar-refractivity contribution in [3.63, 3.8) is 0 Å². The third kappa shape index (κ3) is 3.11. The van der Waals surface area contributed by atoms with Crippen LogP contribution in [0.15, 0.2) is 12.1 Å².